The lowest BCUT2D eigenvalue weighted by Crippen LogP contribution is -2.14. The van der Waals surface area contributed by atoms with Crippen LogP contribution in [0.5, 0.6) is 0 Å². The smallest absolute Gasteiger partial charge is 0.267 e. The minimum Gasteiger partial charge on any atom is -0.380 e. The van der Waals surface area contributed by atoms with Gasteiger partial charge in [-0.2, -0.15) is 8.42 Å². The summed E-state index contributed by atoms with van der Waals surface area (Å²) in [7, 11) is -3.97. The van der Waals surface area contributed by atoms with Crippen LogP contribution >= 0.6 is 0 Å². The Morgan fingerprint density at radius 3 is 2.25 bits per heavy atom. The van der Waals surface area contributed by atoms with Crippen LogP contribution < -0.4 is 0 Å². The first kappa shape index (κ1) is 11.8. The highest BCUT2D eigenvalue weighted by atomic mass is 32.2. The molecule has 0 saturated heterocycles. The monoisotopic (exact) mass is 200 g/mol. The molecule has 0 aliphatic heterocycles. The van der Waals surface area contributed by atoms with Crippen LogP contribution in [0, 0.1) is 0 Å². The van der Waals surface area contributed by atoms with Crippen LogP contribution in [0.25, 0.3) is 0 Å². The van der Waals surface area contributed by atoms with Gasteiger partial charge in [0.15, 0.2) is 6.29 Å². The van der Waals surface area contributed by atoms with E-state index in [1.165, 1.54) is 0 Å². The summed E-state index contributed by atoms with van der Waals surface area (Å²) in [6, 6.07) is 0. The molecule has 0 spiro atoms. The molecule has 0 fully saturated rings. The summed E-state index contributed by atoms with van der Waals surface area (Å²) in [5.74, 6) is -0.478. The first-order valence-electron chi connectivity index (χ1n) is 3.31. The first-order valence-corrected chi connectivity index (χ1v) is 4.92. The Balaban J connectivity index is 3.23. The molecule has 0 radical (unpaired) electrons. The number of aliphatic hydroxyl groups excluding tert-OH is 1. The zero-order chi connectivity index (χ0) is 9.61. The molecule has 0 aliphatic rings. The third-order valence-electron chi connectivity index (χ3n) is 1.01. The fourth-order valence-electron chi connectivity index (χ4n) is 0.455. The van der Waals surface area contributed by atoms with Gasteiger partial charge >= 0.3 is 0 Å². The Morgan fingerprint density at radius 1 is 1.25 bits per heavy atom. The third-order valence-corrected chi connectivity index (χ3v) is 1.69. The van der Waals surface area contributed by atoms with Crippen LogP contribution in [-0.2, 0) is 14.9 Å². The van der Waals surface area contributed by atoms with Crippen molar-refractivity contribution < 1.29 is 27.9 Å². The molecule has 0 atom stereocenters. The summed E-state index contributed by atoms with van der Waals surface area (Å²) in [5.41, 5.74) is 0. The van der Waals surface area contributed by atoms with Gasteiger partial charge in [-0.05, 0) is 0 Å². The van der Waals surface area contributed by atoms with Crippen molar-refractivity contribution in [2.75, 3.05) is 19.0 Å². The van der Waals surface area contributed by atoms with Gasteiger partial charge in [0.2, 0.25) is 0 Å². The molecule has 0 saturated carbocycles. The minimum absolute atomic E-state index is 0.0193. The van der Waals surface area contributed by atoms with Crippen molar-refractivity contribution in [2.24, 2.45) is 0 Å². The van der Waals surface area contributed by atoms with Crippen molar-refractivity contribution in [3.05, 3.63) is 0 Å². The maximum atomic E-state index is 10.1. The molecule has 7 heteroatoms. The Hall–Kier alpha value is -0.210. The number of ether oxygens (including phenoxy) is 1. The van der Waals surface area contributed by atoms with Crippen molar-refractivity contribution in [1.82, 2.24) is 0 Å². The molecule has 0 bridgehead atoms. The average Bonchev–Trinajstić information content (AvgIpc) is 1.83. The standard InChI is InChI=1S/C5H12O6S/c6-5(7)1-2-11-3-4-12(8,9)10/h5-7H,1-4H2,(H,8,9,10). The molecule has 0 aromatic rings. The van der Waals surface area contributed by atoms with Crippen LogP contribution in [0.15, 0.2) is 0 Å². The van der Waals surface area contributed by atoms with Crippen molar-refractivity contribution in [3.8, 4) is 0 Å². The number of aliphatic hydroxyl groups is 2. The lowest BCUT2D eigenvalue weighted by molar-refractivity contribution is -0.0600. The number of hydrogen-bond donors (Lipinski definition) is 3. The van der Waals surface area contributed by atoms with E-state index in [9.17, 15) is 8.42 Å². The van der Waals surface area contributed by atoms with Gasteiger partial charge < -0.3 is 14.9 Å². The van der Waals surface area contributed by atoms with E-state index in [0.717, 1.165) is 0 Å². The molecule has 0 aromatic heterocycles. The summed E-state index contributed by atoms with van der Waals surface area (Å²) in [6.45, 7) is -0.0985. The molecular formula is C5H12O6S. The molecule has 0 rings (SSSR count). The maximum absolute atomic E-state index is 10.1. The number of rotatable bonds is 6. The summed E-state index contributed by atoms with van der Waals surface area (Å²) in [6.07, 6.45) is -1.43. The lowest BCUT2D eigenvalue weighted by atomic mass is 10.4. The molecule has 0 aromatic carbocycles. The van der Waals surface area contributed by atoms with Crippen molar-refractivity contribution >= 4 is 10.1 Å². The van der Waals surface area contributed by atoms with Crippen molar-refractivity contribution in [1.29, 1.82) is 0 Å². The van der Waals surface area contributed by atoms with Crippen LogP contribution in [-0.4, -0.2) is 48.4 Å². The molecule has 0 unspecified atom stereocenters. The maximum Gasteiger partial charge on any atom is 0.267 e. The minimum atomic E-state index is -3.97. The zero-order valence-corrected chi connectivity index (χ0v) is 7.20. The normalized spacial score (nSPS) is 12.3. The predicted molar refractivity (Wildman–Crippen MR) is 40.1 cm³/mol. The Labute approximate surface area is 70.5 Å². The second-order valence-electron chi connectivity index (χ2n) is 2.17. The molecule has 74 valence electrons. The summed E-state index contributed by atoms with van der Waals surface area (Å²) >= 11 is 0. The van der Waals surface area contributed by atoms with E-state index < -0.39 is 22.2 Å². The summed E-state index contributed by atoms with van der Waals surface area (Å²) in [4.78, 5) is 0. The fourth-order valence-corrected chi connectivity index (χ4v) is 0.784. The van der Waals surface area contributed by atoms with Crippen LogP contribution in [0.3, 0.4) is 0 Å². The SMILES string of the molecule is O=S(=O)(O)CCOCCC(O)O. The lowest BCUT2D eigenvalue weighted by Gasteiger charge is -2.03. The van der Waals surface area contributed by atoms with Crippen LogP contribution in [0.4, 0.5) is 0 Å². The highest BCUT2D eigenvalue weighted by molar-refractivity contribution is 7.85. The summed E-state index contributed by atoms with van der Waals surface area (Å²) < 4.78 is 33.1. The van der Waals surface area contributed by atoms with E-state index in [2.05, 4.69) is 4.74 Å². The van der Waals surface area contributed by atoms with Gasteiger partial charge in [0.25, 0.3) is 10.1 Å². The second kappa shape index (κ2) is 5.44. The average molecular weight is 200 g/mol. The third kappa shape index (κ3) is 9.79. The first-order chi connectivity index (χ1) is 5.42. The van der Waals surface area contributed by atoms with Gasteiger partial charge in [-0.3, -0.25) is 4.55 Å². The van der Waals surface area contributed by atoms with Gasteiger partial charge in [0.05, 0.1) is 19.0 Å². The van der Waals surface area contributed by atoms with E-state index in [0.29, 0.717) is 0 Å². The van der Waals surface area contributed by atoms with Gasteiger partial charge in [0, 0.05) is 6.42 Å². The molecule has 3 N–H and O–H groups in total. The molecule has 0 amide bonds. The van der Waals surface area contributed by atoms with Gasteiger partial charge in [0.1, 0.15) is 0 Å². The molecule has 6 nitrogen and oxygen atoms in total. The summed E-state index contributed by atoms with van der Waals surface area (Å²) in [5, 5.41) is 16.6. The zero-order valence-electron chi connectivity index (χ0n) is 6.38. The van der Waals surface area contributed by atoms with Crippen LogP contribution in [0.2, 0.25) is 0 Å². The molecule has 0 heterocycles. The van der Waals surface area contributed by atoms with E-state index in [-0.39, 0.29) is 19.6 Å². The Morgan fingerprint density at radius 2 is 1.83 bits per heavy atom. The second-order valence-corrected chi connectivity index (χ2v) is 3.74. The van der Waals surface area contributed by atoms with Crippen molar-refractivity contribution in [3.63, 3.8) is 0 Å². The quantitative estimate of drug-likeness (QED) is 0.276. The molecular weight excluding hydrogens is 188 g/mol. The fraction of sp³-hybridized carbons (Fsp3) is 1.00. The number of hydrogen-bond acceptors (Lipinski definition) is 5. The van der Waals surface area contributed by atoms with Gasteiger partial charge in [-0.1, -0.05) is 0 Å². The van der Waals surface area contributed by atoms with E-state index in [4.69, 9.17) is 14.8 Å². The Bertz CT molecular complexity index is 196. The molecule has 0 aliphatic carbocycles. The Kier molecular flexibility index (Phi) is 5.34. The molecule has 12 heavy (non-hydrogen) atoms. The van der Waals surface area contributed by atoms with Crippen LogP contribution in [0.1, 0.15) is 6.42 Å². The van der Waals surface area contributed by atoms with E-state index >= 15 is 0 Å². The topological polar surface area (TPSA) is 104 Å². The van der Waals surface area contributed by atoms with Crippen molar-refractivity contribution in [2.45, 2.75) is 12.7 Å². The highest BCUT2D eigenvalue weighted by Crippen LogP contribution is 1.89. The van der Waals surface area contributed by atoms with E-state index in [1.54, 1.807) is 0 Å². The van der Waals surface area contributed by atoms with Gasteiger partial charge in [-0.25, -0.2) is 0 Å². The van der Waals surface area contributed by atoms with E-state index in [1.807, 2.05) is 0 Å². The highest BCUT2D eigenvalue weighted by Gasteiger charge is 2.03. The largest absolute Gasteiger partial charge is 0.380 e. The van der Waals surface area contributed by atoms with Gasteiger partial charge in [-0.15, -0.1) is 0 Å². The predicted octanol–water partition coefficient (Wildman–Crippen LogP) is -1.41.